The molecule has 7 nitrogen and oxygen atoms in total. The number of aromatic nitrogens is 2. The predicted octanol–water partition coefficient (Wildman–Crippen LogP) is 6.88. The van der Waals surface area contributed by atoms with Gasteiger partial charge in [-0.2, -0.15) is 10.2 Å². The molecule has 1 aromatic heterocycles. The third-order valence-electron chi connectivity index (χ3n) is 7.28. The van der Waals surface area contributed by atoms with Gasteiger partial charge in [0.15, 0.2) is 5.78 Å². The number of ketones is 1. The van der Waals surface area contributed by atoms with Gasteiger partial charge in [-0.25, -0.2) is 4.79 Å². The zero-order valence-corrected chi connectivity index (χ0v) is 24.2. The van der Waals surface area contributed by atoms with E-state index in [4.69, 9.17) is 16.4 Å². The SMILES string of the molecule is CC(=O)NC1CCC2c3cc(C(=O)Cc4ccc(Cl)cc4)cc(-c4cccnn4)c3N(CC(C)(C)C)C12.O=C(F)F. The fraction of sp³-hybridized carbons (Fsp3) is 0.387. The van der Waals surface area contributed by atoms with Crippen molar-refractivity contribution >= 4 is 35.3 Å². The zero-order valence-electron chi connectivity index (χ0n) is 23.5. The van der Waals surface area contributed by atoms with E-state index in [1.807, 2.05) is 42.5 Å². The summed E-state index contributed by atoms with van der Waals surface area (Å²) in [6.07, 6.45) is 0.994. The number of halogens is 3. The Morgan fingerprint density at radius 2 is 1.76 bits per heavy atom. The highest BCUT2D eigenvalue weighted by Gasteiger charge is 2.49. The first kappa shape index (κ1) is 30.2. The molecule has 1 N–H and O–H groups in total. The number of fused-ring (bicyclic) bond motifs is 3. The van der Waals surface area contributed by atoms with Gasteiger partial charge in [0, 0.05) is 54.2 Å². The van der Waals surface area contributed by atoms with E-state index in [0.29, 0.717) is 17.0 Å². The van der Waals surface area contributed by atoms with E-state index in [2.05, 4.69) is 47.3 Å². The molecule has 1 aliphatic carbocycles. The quantitative estimate of drug-likeness (QED) is 0.251. The van der Waals surface area contributed by atoms with Gasteiger partial charge < -0.3 is 10.2 Å². The average Bonchev–Trinajstić information content (AvgIpc) is 3.43. The lowest BCUT2D eigenvalue weighted by molar-refractivity contribution is -0.119. The molecule has 41 heavy (non-hydrogen) atoms. The molecule has 5 rings (SSSR count). The van der Waals surface area contributed by atoms with Crippen molar-refractivity contribution in [3.8, 4) is 11.3 Å². The molecule has 3 atom stereocenters. The van der Waals surface area contributed by atoms with Crippen molar-refractivity contribution in [3.05, 3.63) is 76.4 Å². The number of nitrogens with zero attached hydrogens (tertiary/aromatic N) is 3. The first-order valence-electron chi connectivity index (χ1n) is 13.5. The molecule has 0 saturated heterocycles. The largest absolute Gasteiger partial charge is 0.483 e. The lowest BCUT2D eigenvalue weighted by atomic mass is 9.90. The van der Waals surface area contributed by atoms with Crippen LogP contribution in [0.15, 0.2) is 54.7 Å². The van der Waals surface area contributed by atoms with Crippen LogP contribution < -0.4 is 10.2 Å². The van der Waals surface area contributed by atoms with Gasteiger partial charge in [-0.15, -0.1) is 8.78 Å². The third-order valence-corrected chi connectivity index (χ3v) is 7.53. The smallest absolute Gasteiger partial charge is 0.365 e. The van der Waals surface area contributed by atoms with Crippen LogP contribution in [-0.2, 0) is 11.2 Å². The minimum Gasteiger partial charge on any atom is -0.365 e. The Labute approximate surface area is 243 Å². The van der Waals surface area contributed by atoms with Crippen LogP contribution in [0.3, 0.4) is 0 Å². The lowest BCUT2D eigenvalue weighted by Gasteiger charge is -2.37. The van der Waals surface area contributed by atoms with Gasteiger partial charge >= 0.3 is 6.29 Å². The second-order valence-electron chi connectivity index (χ2n) is 11.7. The summed E-state index contributed by atoms with van der Waals surface area (Å²) in [6.45, 7) is 9.10. The number of benzene rings is 2. The highest BCUT2D eigenvalue weighted by Crippen LogP contribution is 2.53. The van der Waals surface area contributed by atoms with Gasteiger partial charge in [-0.1, -0.05) is 44.5 Å². The van der Waals surface area contributed by atoms with E-state index in [1.54, 1.807) is 13.1 Å². The Morgan fingerprint density at radius 1 is 1.07 bits per heavy atom. The van der Waals surface area contributed by atoms with Crippen molar-refractivity contribution in [2.75, 3.05) is 11.4 Å². The second kappa shape index (κ2) is 12.4. The number of carbonyl (C=O) groups excluding carboxylic acids is 3. The minimum atomic E-state index is -2.83. The first-order chi connectivity index (χ1) is 19.3. The van der Waals surface area contributed by atoms with Crippen LogP contribution in [0.4, 0.5) is 19.3 Å². The fourth-order valence-corrected chi connectivity index (χ4v) is 6.10. The number of anilines is 1. The van der Waals surface area contributed by atoms with E-state index in [1.165, 1.54) is 5.56 Å². The molecule has 1 fully saturated rings. The molecular weight excluding hydrogens is 550 g/mol. The lowest BCUT2D eigenvalue weighted by Crippen LogP contribution is -2.50. The van der Waals surface area contributed by atoms with Gasteiger partial charge in [0.2, 0.25) is 5.91 Å². The molecular formula is C31H33ClF2N4O3. The Bertz CT molecular complexity index is 1420. The molecule has 0 bridgehead atoms. The summed E-state index contributed by atoms with van der Waals surface area (Å²) in [5, 5.41) is 12.4. The van der Waals surface area contributed by atoms with Gasteiger partial charge in [0.05, 0.1) is 17.4 Å². The Hall–Kier alpha value is -3.72. The Morgan fingerprint density at radius 3 is 2.34 bits per heavy atom. The minimum absolute atomic E-state index is 0.00899. The Kier molecular flexibility index (Phi) is 9.17. The van der Waals surface area contributed by atoms with Crippen LogP contribution >= 0.6 is 11.6 Å². The maximum atomic E-state index is 13.6. The predicted molar refractivity (Wildman–Crippen MR) is 155 cm³/mol. The van der Waals surface area contributed by atoms with Crippen molar-refractivity contribution in [1.82, 2.24) is 15.5 Å². The normalized spacial score (nSPS) is 19.1. The molecule has 216 valence electrons. The standard InChI is InChI=1S/C30H33ClN4O2.CF2O/c1-18(36)33-26-12-11-22-23-15-20(27(37)14-19-7-9-21(31)10-8-19)16-24(25-6-5-13-32-34-25)28(23)35(29(22)26)17-30(2,3)4;2-1(3)4/h5-10,13,15-16,22,26,29H,11-12,14,17H2,1-4H3,(H,33,36);. The molecule has 1 aliphatic heterocycles. The monoisotopic (exact) mass is 582 g/mol. The summed E-state index contributed by atoms with van der Waals surface area (Å²) in [6, 6.07) is 15.5. The maximum absolute atomic E-state index is 13.6. The number of carbonyl (C=O) groups is 3. The summed E-state index contributed by atoms with van der Waals surface area (Å²) in [4.78, 5) is 36.2. The van der Waals surface area contributed by atoms with Gasteiger partial charge in [0.25, 0.3) is 0 Å². The summed E-state index contributed by atoms with van der Waals surface area (Å²) >= 11 is 6.04. The fourth-order valence-electron chi connectivity index (χ4n) is 5.97. The summed E-state index contributed by atoms with van der Waals surface area (Å²) in [5.41, 5.74) is 5.58. The van der Waals surface area contributed by atoms with Crippen molar-refractivity contribution < 1.29 is 23.2 Å². The van der Waals surface area contributed by atoms with Crippen LogP contribution in [0.25, 0.3) is 11.3 Å². The summed E-state index contributed by atoms with van der Waals surface area (Å²) in [5.74, 6) is 0.274. The number of rotatable bonds is 6. The molecule has 3 aromatic rings. The van der Waals surface area contributed by atoms with E-state index in [0.717, 1.165) is 41.9 Å². The van der Waals surface area contributed by atoms with Crippen LogP contribution in [-0.4, -0.2) is 46.8 Å². The van der Waals surface area contributed by atoms with Crippen molar-refractivity contribution in [2.45, 2.75) is 65.0 Å². The molecule has 1 amide bonds. The molecule has 2 aliphatic rings. The molecule has 2 heterocycles. The van der Waals surface area contributed by atoms with Crippen LogP contribution in [0, 0.1) is 5.41 Å². The number of amides is 1. The molecule has 1 saturated carbocycles. The highest BCUT2D eigenvalue weighted by molar-refractivity contribution is 6.30. The topological polar surface area (TPSA) is 92.3 Å². The van der Waals surface area contributed by atoms with E-state index < -0.39 is 6.29 Å². The van der Waals surface area contributed by atoms with Gasteiger partial charge in [0.1, 0.15) is 0 Å². The van der Waals surface area contributed by atoms with Gasteiger partial charge in [-0.3, -0.25) is 9.59 Å². The molecule has 3 unspecified atom stereocenters. The molecule has 0 spiro atoms. The summed E-state index contributed by atoms with van der Waals surface area (Å²) < 4.78 is 19.4. The second-order valence-corrected chi connectivity index (χ2v) is 12.1. The van der Waals surface area contributed by atoms with E-state index in [-0.39, 0.29) is 35.1 Å². The average molecular weight is 583 g/mol. The van der Waals surface area contributed by atoms with Crippen molar-refractivity contribution in [2.24, 2.45) is 5.41 Å². The van der Waals surface area contributed by atoms with E-state index in [9.17, 15) is 18.4 Å². The maximum Gasteiger partial charge on any atom is 0.483 e. The summed E-state index contributed by atoms with van der Waals surface area (Å²) in [7, 11) is 0. The first-order valence-corrected chi connectivity index (χ1v) is 13.8. The van der Waals surface area contributed by atoms with Crippen LogP contribution in [0.1, 0.15) is 67.9 Å². The van der Waals surface area contributed by atoms with Crippen molar-refractivity contribution in [3.63, 3.8) is 0 Å². The number of nitrogens with one attached hydrogen (secondary N) is 1. The molecule has 10 heteroatoms. The number of hydrogen-bond acceptors (Lipinski definition) is 6. The zero-order chi connectivity index (χ0) is 29.9. The number of hydrogen-bond donors (Lipinski definition) is 1. The van der Waals surface area contributed by atoms with Crippen LogP contribution in [0.2, 0.25) is 5.02 Å². The number of Topliss-reactive ketones (excluding diaryl/α,β-unsaturated/α-hetero) is 1. The Balaban J connectivity index is 0.000000909. The van der Waals surface area contributed by atoms with Gasteiger partial charge in [-0.05, 0) is 65.8 Å². The molecule has 0 radical (unpaired) electrons. The highest BCUT2D eigenvalue weighted by atomic mass is 35.5. The van der Waals surface area contributed by atoms with Crippen LogP contribution in [0.5, 0.6) is 0 Å². The third kappa shape index (κ3) is 7.33. The molecule has 2 aromatic carbocycles. The van der Waals surface area contributed by atoms with Crippen molar-refractivity contribution in [1.29, 1.82) is 0 Å². The van der Waals surface area contributed by atoms with E-state index >= 15 is 0 Å².